The van der Waals surface area contributed by atoms with Gasteiger partial charge in [-0.2, -0.15) is 0 Å². The van der Waals surface area contributed by atoms with Crippen LogP contribution in [0.3, 0.4) is 0 Å². The SMILES string of the molecule is CC(CB1OC(C)(C)C(C)(C)O1)CC1CC1. The molecule has 0 radical (unpaired) electrons. The van der Waals surface area contributed by atoms with E-state index >= 15 is 0 Å². The summed E-state index contributed by atoms with van der Waals surface area (Å²) in [4.78, 5) is 0. The summed E-state index contributed by atoms with van der Waals surface area (Å²) in [6, 6.07) is 0. The standard InChI is InChI=1S/C13H25BO2/c1-10(8-11-6-7-11)9-14-15-12(2,3)13(4,5)16-14/h10-11H,6-9H2,1-5H3. The van der Waals surface area contributed by atoms with E-state index in [0.29, 0.717) is 0 Å². The highest BCUT2D eigenvalue weighted by molar-refractivity contribution is 6.45. The Kier molecular flexibility index (Phi) is 3.13. The lowest BCUT2D eigenvalue weighted by molar-refractivity contribution is 0.00578. The molecule has 2 aliphatic rings. The highest BCUT2D eigenvalue weighted by Gasteiger charge is 2.51. The molecule has 0 spiro atoms. The van der Waals surface area contributed by atoms with Crippen LogP contribution in [-0.2, 0) is 9.31 Å². The third-order valence-corrected chi connectivity index (χ3v) is 4.33. The van der Waals surface area contributed by atoms with E-state index in [-0.39, 0.29) is 18.3 Å². The fraction of sp³-hybridized carbons (Fsp3) is 1.00. The molecule has 16 heavy (non-hydrogen) atoms. The summed E-state index contributed by atoms with van der Waals surface area (Å²) < 4.78 is 12.0. The maximum absolute atomic E-state index is 6.01. The van der Waals surface area contributed by atoms with Crippen molar-refractivity contribution < 1.29 is 9.31 Å². The highest BCUT2D eigenvalue weighted by Crippen LogP contribution is 2.41. The van der Waals surface area contributed by atoms with Gasteiger partial charge in [-0.25, -0.2) is 0 Å². The van der Waals surface area contributed by atoms with Crippen LogP contribution >= 0.6 is 0 Å². The molecule has 3 heteroatoms. The van der Waals surface area contributed by atoms with E-state index in [1.54, 1.807) is 0 Å². The van der Waals surface area contributed by atoms with Crippen LogP contribution in [0.4, 0.5) is 0 Å². The Balaban J connectivity index is 1.83. The van der Waals surface area contributed by atoms with Crippen LogP contribution in [0, 0.1) is 11.8 Å². The Morgan fingerprint density at radius 2 is 1.62 bits per heavy atom. The molecule has 2 fully saturated rings. The number of hydrogen-bond donors (Lipinski definition) is 0. The smallest absolute Gasteiger partial charge is 0.403 e. The second-order valence-corrected chi connectivity index (χ2v) is 6.71. The predicted molar refractivity (Wildman–Crippen MR) is 67.4 cm³/mol. The van der Waals surface area contributed by atoms with E-state index in [1.165, 1.54) is 19.3 Å². The van der Waals surface area contributed by atoms with E-state index in [1.807, 2.05) is 0 Å². The molecule has 1 aliphatic heterocycles. The van der Waals surface area contributed by atoms with Crippen molar-refractivity contribution in [3.8, 4) is 0 Å². The van der Waals surface area contributed by atoms with Gasteiger partial charge in [-0.3, -0.25) is 0 Å². The molecule has 0 bridgehead atoms. The van der Waals surface area contributed by atoms with Gasteiger partial charge in [0.05, 0.1) is 11.2 Å². The molecule has 0 aromatic heterocycles. The minimum atomic E-state index is -0.170. The summed E-state index contributed by atoms with van der Waals surface area (Å²) in [5.74, 6) is 1.72. The monoisotopic (exact) mass is 224 g/mol. The average molecular weight is 224 g/mol. The van der Waals surface area contributed by atoms with Crippen molar-refractivity contribution in [2.45, 2.75) is 71.4 Å². The molecule has 1 atom stereocenters. The highest BCUT2D eigenvalue weighted by atomic mass is 16.7. The third-order valence-electron chi connectivity index (χ3n) is 4.33. The molecular weight excluding hydrogens is 199 g/mol. The molecule has 1 unspecified atom stereocenters. The first-order chi connectivity index (χ1) is 7.30. The van der Waals surface area contributed by atoms with Crippen molar-refractivity contribution in [3.05, 3.63) is 0 Å². The summed E-state index contributed by atoms with van der Waals surface area (Å²) in [5, 5.41) is 0. The van der Waals surface area contributed by atoms with Gasteiger partial charge in [0.15, 0.2) is 0 Å². The van der Waals surface area contributed by atoms with Gasteiger partial charge in [-0.15, -0.1) is 0 Å². The largest absolute Gasteiger partial charge is 0.458 e. The van der Waals surface area contributed by atoms with Gasteiger partial charge in [-0.1, -0.05) is 19.8 Å². The molecule has 2 nitrogen and oxygen atoms in total. The zero-order valence-corrected chi connectivity index (χ0v) is 11.4. The van der Waals surface area contributed by atoms with Gasteiger partial charge in [0.2, 0.25) is 0 Å². The second kappa shape index (κ2) is 4.02. The zero-order chi connectivity index (χ0) is 12.0. The van der Waals surface area contributed by atoms with E-state index in [2.05, 4.69) is 34.6 Å². The van der Waals surface area contributed by atoms with Crippen LogP contribution in [0.1, 0.15) is 53.9 Å². The van der Waals surface area contributed by atoms with Crippen LogP contribution in [0.15, 0.2) is 0 Å². The Morgan fingerprint density at radius 1 is 1.12 bits per heavy atom. The summed E-state index contributed by atoms with van der Waals surface area (Å²) >= 11 is 0. The summed E-state index contributed by atoms with van der Waals surface area (Å²) in [5.41, 5.74) is -0.339. The quantitative estimate of drug-likeness (QED) is 0.680. The average Bonchev–Trinajstić information content (AvgIpc) is 2.81. The maximum Gasteiger partial charge on any atom is 0.458 e. The molecule has 1 saturated carbocycles. The van der Waals surface area contributed by atoms with Crippen LogP contribution in [-0.4, -0.2) is 18.3 Å². The molecule has 0 aromatic carbocycles. The first-order valence-corrected chi connectivity index (χ1v) is 6.66. The number of hydrogen-bond acceptors (Lipinski definition) is 2. The minimum Gasteiger partial charge on any atom is -0.403 e. The zero-order valence-electron chi connectivity index (χ0n) is 11.4. The predicted octanol–water partition coefficient (Wildman–Crippen LogP) is 3.51. The number of rotatable bonds is 4. The van der Waals surface area contributed by atoms with E-state index in [9.17, 15) is 0 Å². The van der Waals surface area contributed by atoms with Gasteiger partial charge < -0.3 is 9.31 Å². The molecule has 1 saturated heterocycles. The molecule has 2 rings (SSSR count). The summed E-state index contributed by atoms with van der Waals surface area (Å²) in [6.07, 6.45) is 5.27. The maximum atomic E-state index is 6.01. The molecule has 1 aliphatic carbocycles. The Bertz CT molecular complexity index is 243. The van der Waals surface area contributed by atoms with Crippen LogP contribution in [0.2, 0.25) is 6.32 Å². The van der Waals surface area contributed by atoms with Crippen molar-refractivity contribution in [2.24, 2.45) is 11.8 Å². The van der Waals surface area contributed by atoms with E-state index in [0.717, 1.165) is 18.2 Å². The van der Waals surface area contributed by atoms with Crippen molar-refractivity contribution in [2.75, 3.05) is 0 Å². The Hall–Kier alpha value is -0.0151. The summed E-state index contributed by atoms with van der Waals surface area (Å²) in [7, 11) is -0.00116. The first kappa shape index (κ1) is 12.4. The molecule has 0 aromatic rings. The Morgan fingerprint density at radius 3 is 2.06 bits per heavy atom. The van der Waals surface area contributed by atoms with Gasteiger partial charge in [0.1, 0.15) is 0 Å². The molecule has 92 valence electrons. The molecule has 0 amide bonds. The van der Waals surface area contributed by atoms with Gasteiger partial charge in [0.25, 0.3) is 0 Å². The van der Waals surface area contributed by atoms with Crippen molar-refractivity contribution in [1.82, 2.24) is 0 Å². The fourth-order valence-corrected chi connectivity index (χ4v) is 2.41. The first-order valence-electron chi connectivity index (χ1n) is 6.66. The minimum absolute atomic E-state index is 0.00116. The van der Waals surface area contributed by atoms with Gasteiger partial charge in [0, 0.05) is 0 Å². The summed E-state index contributed by atoms with van der Waals surface area (Å²) in [6.45, 7) is 10.8. The van der Waals surface area contributed by atoms with Crippen LogP contribution in [0.25, 0.3) is 0 Å². The van der Waals surface area contributed by atoms with E-state index < -0.39 is 0 Å². The second-order valence-electron chi connectivity index (χ2n) is 6.71. The Labute approximate surface area is 100 Å². The molecular formula is C13H25BO2. The van der Waals surface area contributed by atoms with Crippen molar-refractivity contribution in [3.63, 3.8) is 0 Å². The van der Waals surface area contributed by atoms with Gasteiger partial charge in [-0.05, 0) is 52.3 Å². The topological polar surface area (TPSA) is 18.5 Å². The van der Waals surface area contributed by atoms with Crippen molar-refractivity contribution in [1.29, 1.82) is 0 Å². The lowest BCUT2D eigenvalue weighted by Crippen LogP contribution is -2.41. The molecule has 1 heterocycles. The fourth-order valence-electron chi connectivity index (χ4n) is 2.41. The van der Waals surface area contributed by atoms with E-state index in [4.69, 9.17) is 9.31 Å². The third kappa shape index (κ3) is 2.62. The van der Waals surface area contributed by atoms with Crippen molar-refractivity contribution >= 4 is 7.12 Å². The van der Waals surface area contributed by atoms with Crippen LogP contribution in [0.5, 0.6) is 0 Å². The lowest BCUT2D eigenvalue weighted by atomic mass is 9.76. The van der Waals surface area contributed by atoms with Gasteiger partial charge >= 0.3 is 7.12 Å². The van der Waals surface area contributed by atoms with Crippen LogP contribution < -0.4 is 0 Å². The molecule has 0 N–H and O–H groups in total. The normalized spacial score (nSPS) is 29.4. The lowest BCUT2D eigenvalue weighted by Gasteiger charge is -2.32.